The second-order valence-electron chi connectivity index (χ2n) is 7.14. The smallest absolute Gasteiger partial charge is 0.0102 e. The molecule has 2 aromatic rings. The Kier molecular flexibility index (Phi) is 4.64. The molecule has 0 fully saturated rings. The molecule has 0 N–H and O–H groups in total. The van der Waals surface area contributed by atoms with Gasteiger partial charge in [-0.05, 0) is 47.9 Å². The van der Waals surface area contributed by atoms with Crippen LogP contribution in [0.4, 0.5) is 0 Å². The van der Waals surface area contributed by atoms with Gasteiger partial charge in [-0.3, -0.25) is 0 Å². The highest BCUT2D eigenvalue weighted by atomic mass is 14.3. The predicted octanol–water partition coefficient (Wildman–Crippen LogP) is 7.03. The molecule has 0 spiro atoms. The summed E-state index contributed by atoms with van der Waals surface area (Å²) in [6, 6.07) is 18.0. The number of benzene rings is 2. The maximum atomic E-state index is 2.33. The maximum Gasteiger partial charge on any atom is 0.0102 e. The molecule has 24 heavy (non-hydrogen) atoms. The van der Waals surface area contributed by atoms with Crippen molar-refractivity contribution in [1.82, 2.24) is 0 Å². The molecule has 2 aromatic carbocycles. The largest absolute Gasteiger partial charge is 0.0805 e. The molecule has 0 saturated heterocycles. The zero-order chi connectivity index (χ0) is 16.2. The van der Waals surface area contributed by atoms with Crippen LogP contribution in [-0.2, 0) is 0 Å². The lowest BCUT2D eigenvalue weighted by Gasteiger charge is -2.13. The standard InChI is InChI=1S/C24H26/c1(3-11-19-12-5-6-13-19)2-4-14-20-21-15-7-9-17-23(21)24-18-10-8-16-22(20)24/h5-10,12,15-18,20H,1-4,11,13-14H2. The first kappa shape index (κ1) is 15.4. The molecular formula is C24H26. The van der Waals surface area contributed by atoms with Crippen LogP contribution in [0, 0.1) is 0 Å². The Balaban J connectivity index is 1.32. The lowest BCUT2D eigenvalue weighted by molar-refractivity contribution is 0.587. The van der Waals surface area contributed by atoms with Gasteiger partial charge < -0.3 is 0 Å². The summed E-state index contributed by atoms with van der Waals surface area (Å²) in [4.78, 5) is 0. The van der Waals surface area contributed by atoms with Crippen LogP contribution in [-0.4, -0.2) is 0 Å². The van der Waals surface area contributed by atoms with Gasteiger partial charge in [0.15, 0.2) is 0 Å². The number of allylic oxidation sites excluding steroid dienone is 4. The summed E-state index contributed by atoms with van der Waals surface area (Å²) in [5, 5.41) is 0. The zero-order valence-electron chi connectivity index (χ0n) is 14.4. The van der Waals surface area contributed by atoms with E-state index in [1.165, 1.54) is 56.1 Å². The van der Waals surface area contributed by atoms with E-state index in [0.29, 0.717) is 5.92 Å². The Hall–Kier alpha value is -2.08. The van der Waals surface area contributed by atoms with E-state index in [-0.39, 0.29) is 0 Å². The first-order chi connectivity index (χ1) is 11.9. The summed E-state index contributed by atoms with van der Waals surface area (Å²) in [7, 11) is 0. The van der Waals surface area contributed by atoms with E-state index in [1.54, 1.807) is 16.7 Å². The van der Waals surface area contributed by atoms with E-state index < -0.39 is 0 Å². The predicted molar refractivity (Wildman–Crippen MR) is 103 cm³/mol. The molecule has 2 aliphatic carbocycles. The second-order valence-corrected chi connectivity index (χ2v) is 7.14. The summed E-state index contributed by atoms with van der Waals surface area (Å²) >= 11 is 0. The summed E-state index contributed by atoms with van der Waals surface area (Å²) in [5.41, 5.74) is 7.62. The Morgan fingerprint density at radius 2 is 1.42 bits per heavy atom. The van der Waals surface area contributed by atoms with Gasteiger partial charge >= 0.3 is 0 Å². The third-order valence-electron chi connectivity index (χ3n) is 5.55. The van der Waals surface area contributed by atoms with Crippen LogP contribution >= 0.6 is 0 Å². The minimum atomic E-state index is 0.610. The summed E-state index contributed by atoms with van der Waals surface area (Å²) in [6.45, 7) is 0. The fourth-order valence-electron chi connectivity index (χ4n) is 4.30. The summed E-state index contributed by atoms with van der Waals surface area (Å²) in [5.74, 6) is 0.610. The summed E-state index contributed by atoms with van der Waals surface area (Å²) < 4.78 is 0. The van der Waals surface area contributed by atoms with Gasteiger partial charge in [0.2, 0.25) is 0 Å². The monoisotopic (exact) mass is 314 g/mol. The average Bonchev–Trinajstić information content (AvgIpc) is 3.25. The molecular weight excluding hydrogens is 288 g/mol. The number of hydrogen-bond donors (Lipinski definition) is 0. The molecule has 0 heteroatoms. The van der Waals surface area contributed by atoms with Crippen molar-refractivity contribution in [2.45, 2.75) is 50.9 Å². The van der Waals surface area contributed by atoms with Crippen LogP contribution in [0.2, 0.25) is 0 Å². The molecule has 0 aromatic heterocycles. The molecule has 0 amide bonds. The first-order valence-electron chi connectivity index (χ1n) is 9.46. The number of hydrogen-bond acceptors (Lipinski definition) is 0. The van der Waals surface area contributed by atoms with E-state index >= 15 is 0 Å². The molecule has 0 unspecified atom stereocenters. The normalized spacial score (nSPS) is 15.4. The minimum Gasteiger partial charge on any atom is -0.0805 e. The van der Waals surface area contributed by atoms with Gasteiger partial charge in [0.25, 0.3) is 0 Å². The molecule has 0 atom stereocenters. The van der Waals surface area contributed by atoms with Gasteiger partial charge in [0.1, 0.15) is 0 Å². The van der Waals surface area contributed by atoms with Gasteiger partial charge in [-0.25, -0.2) is 0 Å². The molecule has 0 radical (unpaired) electrons. The van der Waals surface area contributed by atoms with Crippen molar-refractivity contribution in [2.24, 2.45) is 0 Å². The van der Waals surface area contributed by atoms with E-state index in [0.717, 1.165) is 0 Å². The van der Waals surface area contributed by atoms with Crippen LogP contribution in [0.5, 0.6) is 0 Å². The molecule has 0 heterocycles. The highest BCUT2D eigenvalue weighted by Gasteiger charge is 2.27. The molecule has 122 valence electrons. The van der Waals surface area contributed by atoms with Crippen molar-refractivity contribution >= 4 is 0 Å². The minimum absolute atomic E-state index is 0.610. The highest BCUT2D eigenvalue weighted by Crippen LogP contribution is 2.46. The molecule has 0 nitrogen and oxygen atoms in total. The van der Waals surface area contributed by atoms with Crippen LogP contribution in [0.1, 0.15) is 62.0 Å². The fourth-order valence-corrected chi connectivity index (χ4v) is 4.30. The zero-order valence-corrected chi connectivity index (χ0v) is 14.4. The van der Waals surface area contributed by atoms with Gasteiger partial charge in [0, 0.05) is 5.92 Å². The topological polar surface area (TPSA) is 0 Å². The van der Waals surface area contributed by atoms with Crippen LogP contribution in [0.3, 0.4) is 0 Å². The van der Waals surface area contributed by atoms with Gasteiger partial charge in [0.05, 0.1) is 0 Å². The van der Waals surface area contributed by atoms with Crippen LogP contribution < -0.4 is 0 Å². The maximum absolute atomic E-state index is 2.33. The Morgan fingerprint density at radius 1 is 0.750 bits per heavy atom. The van der Waals surface area contributed by atoms with E-state index in [9.17, 15) is 0 Å². The van der Waals surface area contributed by atoms with Crippen LogP contribution in [0.25, 0.3) is 11.1 Å². The number of fused-ring (bicyclic) bond motifs is 3. The van der Waals surface area contributed by atoms with Crippen molar-refractivity contribution in [1.29, 1.82) is 0 Å². The summed E-state index contributed by atoms with van der Waals surface area (Å²) in [6.07, 6.45) is 16.0. The van der Waals surface area contributed by atoms with Gasteiger partial charge in [-0.15, -0.1) is 0 Å². The van der Waals surface area contributed by atoms with Crippen molar-refractivity contribution < 1.29 is 0 Å². The van der Waals surface area contributed by atoms with Crippen LogP contribution in [0.15, 0.2) is 72.3 Å². The average molecular weight is 314 g/mol. The van der Waals surface area contributed by atoms with E-state index in [4.69, 9.17) is 0 Å². The molecule has 0 saturated carbocycles. The highest BCUT2D eigenvalue weighted by molar-refractivity contribution is 5.78. The second kappa shape index (κ2) is 7.21. The van der Waals surface area contributed by atoms with Crippen molar-refractivity contribution in [2.75, 3.05) is 0 Å². The van der Waals surface area contributed by atoms with E-state index in [1.807, 2.05) is 0 Å². The Bertz CT molecular complexity index is 718. The SMILES string of the molecule is C1=CCC(CCCCCCC2c3ccccc3-c3ccccc32)=C1. The molecule has 4 rings (SSSR count). The van der Waals surface area contributed by atoms with Gasteiger partial charge in [-0.1, -0.05) is 91.6 Å². The van der Waals surface area contributed by atoms with Crippen molar-refractivity contribution in [3.8, 4) is 11.1 Å². The van der Waals surface area contributed by atoms with E-state index in [2.05, 4.69) is 66.8 Å². The lowest BCUT2D eigenvalue weighted by atomic mass is 9.91. The van der Waals surface area contributed by atoms with Gasteiger partial charge in [-0.2, -0.15) is 0 Å². The lowest BCUT2D eigenvalue weighted by Crippen LogP contribution is -1.96. The first-order valence-corrected chi connectivity index (χ1v) is 9.46. The third-order valence-corrected chi connectivity index (χ3v) is 5.55. The number of unbranched alkanes of at least 4 members (excludes halogenated alkanes) is 3. The molecule has 2 aliphatic rings. The quantitative estimate of drug-likeness (QED) is 0.481. The van der Waals surface area contributed by atoms with Crippen molar-refractivity contribution in [3.05, 3.63) is 83.5 Å². The molecule has 0 bridgehead atoms. The third kappa shape index (κ3) is 3.11. The Morgan fingerprint density at radius 3 is 2.08 bits per heavy atom. The molecule has 0 aliphatic heterocycles. The number of rotatable bonds is 7. The van der Waals surface area contributed by atoms with Crippen molar-refractivity contribution in [3.63, 3.8) is 0 Å². The fraction of sp³-hybridized carbons (Fsp3) is 0.333. The Labute approximate surface area is 145 Å².